The van der Waals surface area contributed by atoms with E-state index in [2.05, 4.69) is 10.7 Å². The molecule has 0 bridgehead atoms. The third-order valence-corrected chi connectivity index (χ3v) is 4.19. The Kier molecular flexibility index (Phi) is 8.88. The summed E-state index contributed by atoms with van der Waals surface area (Å²) in [5.41, 5.74) is 8.56. The number of nitrogens with one attached hydrogen (secondary N) is 2. The summed E-state index contributed by atoms with van der Waals surface area (Å²) in [5.74, 6) is -1.46. The van der Waals surface area contributed by atoms with Crippen LogP contribution in [0, 0.1) is 5.92 Å². The van der Waals surface area contributed by atoms with Crippen molar-refractivity contribution in [3.8, 4) is 0 Å². The van der Waals surface area contributed by atoms with Crippen LogP contribution < -0.4 is 16.5 Å². The van der Waals surface area contributed by atoms with Gasteiger partial charge in [-0.1, -0.05) is 48.7 Å². The maximum atomic E-state index is 12.5. The van der Waals surface area contributed by atoms with Crippen molar-refractivity contribution in [1.82, 2.24) is 15.8 Å². The number of alkyl halides is 3. The first-order valence-corrected chi connectivity index (χ1v) is 9.42. The molecule has 1 fully saturated rings. The first-order valence-electron chi connectivity index (χ1n) is 8.29. The maximum absolute atomic E-state index is 12.5. The zero-order valence-corrected chi connectivity index (χ0v) is 17.2. The van der Waals surface area contributed by atoms with Crippen LogP contribution in [0.4, 0.5) is 0 Å². The largest absolute Gasteiger partial charge is 0.460 e. The van der Waals surface area contributed by atoms with Crippen LogP contribution in [-0.4, -0.2) is 57.9 Å². The molecule has 0 spiro atoms. The molecule has 0 saturated carbocycles. The molecule has 2 unspecified atom stereocenters. The Hall–Kier alpha value is -0.800. The Labute approximate surface area is 168 Å². The van der Waals surface area contributed by atoms with Crippen LogP contribution >= 0.6 is 34.8 Å². The number of hydrogen-bond acceptors (Lipinski definition) is 6. The molecule has 1 aliphatic heterocycles. The molecule has 1 rings (SSSR count). The molecule has 0 aromatic rings. The minimum atomic E-state index is -1.70. The highest BCUT2D eigenvalue weighted by Gasteiger charge is 2.33. The zero-order valence-electron chi connectivity index (χ0n) is 14.9. The van der Waals surface area contributed by atoms with E-state index in [1.807, 2.05) is 13.8 Å². The summed E-state index contributed by atoms with van der Waals surface area (Å²) >= 11 is 16.7. The molecule has 0 radical (unpaired) electrons. The van der Waals surface area contributed by atoms with Gasteiger partial charge in [0.25, 0.3) is 5.91 Å². The summed E-state index contributed by atoms with van der Waals surface area (Å²) in [4.78, 5) is 36.5. The van der Waals surface area contributed by atoms with E-state index in [0.717, 1.165) is 0 Å². The summed E-state index contributed by atoms with van der Waals surface area (Å²) < 4.78 is 3.23. The molecule has 3 atom stereocenters. The molecular weight excluding hydrogens is 407 g/mol. The summed E-state index contributed by atoms with van der Waals surface area (Å²) in [5, 5.41) is 3.87. The lowest BCUT2D eigenvalue weighted by molar-refractivity contribution is -0.152. The fourth-order valence-electron chi connectivity index (χ4n) is 2.28. The minimum absolute atomic E-state index is 0.0533. The molecule has 1 aliphatic rings. The van der Waals surface area contributed by atoms with Gasteiger partial charge in [0.05, 0.1) is 6.04 Å². The second-order valence-electron chi connectivity index (χ2n) is 6.54. The highest BCUT2D eigenvalue weighted by molar-refractivity contribution is 6.67. The Morgan fingerprint density at radius 2 is 1.92 bits per heavy atom. The number of hydrazine groups is 1. The number of rotatable bonds is 6. The number of nitrogens with two attached hydrogens (primary N) is 1. The standard InChI is InChI=1S/C15H25Cl3N4O4/c1-8(2)11(19)12(23)20-9(3)13(24)22-6-4-5-10(21-22)14(25)26-7-15(16,17)18/h8-11,21H,4-7,19H2,1-3H3,(H,20,23)/t9?,10-,11?/m0/s1. The van der Waals surface area contributed by atoms with Gasteiger partial charge in [-0.05, 0) is 25.7 Å². The molecule has 1 heterocycles. The Morgan fingerprint density at radius 3 is 2.46 bits per heavy atom. The van der Waals surface area contributed by atoms with Gasteiger partial charge in [-0.3, -0.25) is 19.4 Å². The second kappa shape index (κ2) is 9.94. The lowest BCUT2D eigenvalue weighted by Crippen LogP contribution is -2.60. The number of halogens is 3. The van der Waals surface area contributed by atoms with Crippen molar-refractivity contribution in [2.24, 2.45) is 11.7 Å². The smallest absolute Gasteiger partial charge is 0.325 e. The summed E-state index contributed by atoms with van der Waals surface area (Å²) in [6.45, 7) is 5.19. The second-order valence-corrected chi connectivity index (χ2v) is 9.05. The van der Waals surface area contributed by atoms with E-state index >= 15 is 0 Å². The molecular formula is C15H25Cl3N4O4. The van der Waals surface area contributed by atoms with Gasteiger partial charge in [-0.2, -0.15) is 0 Å². The third-order valence-electron chi connectivity index (χ3n) is 3.87. The molecule has 2 amide bonds. The molecule has 26 heavy (non-hydrogen) atoms. The molecule has 0 aliphatic carbocycles. The van der Waals surface area contributed by atoms with Crippen molar-refractivity contribution in [3.63, 3.8) is 0 Å². The van der Waals surface area contributed by atoms with Gasteiger partial charge in [-0.15, -0.1) is 0 Å². The highest BCUT2D eigenvalue weighted by Crippen LogP contribution is 2.26. The first-order chi connectivity index (χ1) is 11.9. The third kappa shape index (κ3) is 7.44. The van der Waals surface area contributed by atoms with Gasteiger partial charge in [0.2, 0.25) is 9.70 Å². The normalized spacial score (nSPS) is 20.5. The Balaban J connectivity index is 2.58. The van der Waals surface area contributed by atoms with Crippen LogP contribution in [0.3, 0.4) is 0 Å². The van der Waals surface area contributed by atoms with E-state index in [4.69, 9.17) is 45.3 Å². The van der Waals surface area contributed by atoms with Crippen molar-refractivity contribution in [3.05, 3.63) is 0 Å². The topological polar surface area (TPSA) is 114 Å². The Bertz CT molecular complexity index is 528. The van der Waals surface area contributed by atoms with Crippen LogP contribution in [0.2, 0.25) is 0 Å². The minimum Gasteiger partial charge on any atom is -0.460 e. The number of amides is 2. The van der Waals surface area contributed by atoms with Crippen LogP contribution in [0.15, 0.2) is 0 Å². The molecule has 4 N–H and O–H groups in total. The van der Waals surface area contributed by atoms with E-state index in [9.17, 15) is 14.4 Å². The molecule has 11 heteroatoms. The molecule has 150 valence electrons. The van der Waals surface area contributed by atoms with Gasteiger partial charge < -0.3 is 15.8 Å². The average Bonchev–Trinajstić information content (AvgIpc) is 2.57. The van der Waals surface area contributed by atoms with E-state index in [1.165, 1.54) is 5.01 Å². The van der Waals surface area contributed by atoms with E-state index in [0.29, 0.717) is 19.4 Å². The average molecular weight is 432 g/mol. The summed E-state index contributed by atoms with van der Waals surface area (Å²) in [7, 11) is 0. The van der Waals surface area contributed by atoms with Crippen molar-refractivity contribution in [1.29, 1.82) is 0 Å². The summed E-state index contributed by atoms with van der Waals surface area (Å²) in [6, 6.07) is -2.24. The van der Waals surface area contributed by atoms with Crippen molar-refractivity contribution in [2.75, 3.05) is 13.2 Å². The molecule has 8 nitrogen and oxygen atoms in total. The maximum Gasteiger partial charge on any atom is 0.325 e. The zero-order chi connectivity index (χ0) is 20.1. The van der Waals surface area contributed by atoms with Gasteiger partial charge in [-0.25, -0.2) is 5.43 Å². The van der Waals surface area contributed by atoms with Crippen LogP contribution in [0.1, 0.15) is 33.6 Å². The van der Waals surface area contributed by atoms with Crippen molar-refractivity contribution >= 4 is 52.6 Å². The lowest BCUT2D eigenvalue weighted by atomic mass is 10.0. The van der Waals surface area contributed by atoms with E-state index in [1.54, 1.807) is 6.92 Å². The summed E-state index contributed by atoms with van der Waals surface area (Å²) in [6.07, 6.45) is 1.06. The SMILES string of the molecule is CC(NC(=O)C(N)C(C)C)C(=O)N1CCC[C@@H](C(=O)OCC(Cl)(Cl)Cl)N1. The molecule has 1 saturated heterocycles. The quantitative estimate of drug-likeness (QED) is 0.425. The van der Waals surface area contributed by atoms with E-state index < -0.39 is 33.8 Å². The Morgan fingerprint density at radius 1 is 1.31 bits per heavy atom. The fraction of sp³-hybridized carbons (Fsp3) is 0.800. The number of nitrogens with zero attached hydrogens (tertiary/aromatic N) is 1. The number of ether oxygens (including phenoxy) is 1. The van der Waals surface area contributed by atoms with Crippen molar-refractivity contribution < 1.29 is 19.1 Å². The number of esters is 1. The van der Waals surface area contributed by atoms with E-state index in [-0.39, 0.29) is 18.4 Å². The van der Waals surface area contributed by atoms with Gasteiger partial charge in [0, 0.05) is 6.54 Å². The van der Waals surface area contributed by atoms with Gasteiger partial charge >= 0.3 is 5.97 Å². The van der Waals surface area contributed by atoms with Crippen LogP contribution in [0.25, 0.3) is 0 Å². The lowest BCUT2D eigenvalue weighted by Gasteiger charge is -2.34. The molecule has 0 aromatic heterocycles. The molecule has 0 aromatic carbocycles. The predicted molar refractivity (Wildman–Crippen MR) is 99.5 cm³/mol. The first kappa shape index (κ1) is 23.2. The van der Waals surface area contributed by atoms with Crippen molar-refractivity contribution in [2.45, 2.75) is 55.5 Å². The highest BCUT2D eigenvalue weighted by atomic mass is 35.6. The number of hydrogen-bond donors (Lipinski definition) is 3. The van der Waals surface area contributed by atoms with Crippen LogP contribution in [0.5, 0.6) is 0 Å². The number of carbonyl (C=O) groups excluding carboxylic acids is 3. The monoisotopic (exact) mass is 430 g/mol. The number of carbonyl (C=O) groups is 3. The predicted octanol–water partition coefficient (Wildman–Crippen LogP) is 0.883. The van der Waals surface area contributed by atoms with Gasteiger partial charge in [0.15, 0.2) is 0 Å². The van der Waals surface area contributed by atoms with Crippen LogP contribution in [-0.2, 0) is 19.1 Å². The fourth-order valence-corrected chi connectivity index (χ4v) is 2.44. The van der Waals surface area contributed by atoms with Gasteiger partial charge in [0.1, 0.15) is 18.7 Å².